The van der Waals surface area contributed by atoms with Crippen molar-refractivity contribution in [2.24, 2.45) is 12.8 Å². The molecule has 0 radical (unpaired) electrons. The first kappa shape index (κ1) is 21.1. The minimum Gasteiger partial charge on any atom is -0.496 e. The molecule has 4 heterocycles. The van der Waals surface area contributed by atoms with E-state index in [1.807, 2.05) is 18.1 Å². The number of fused-ring (bicyclic) bond motifs is 1. The number of hydrogen-bond acceptors (Lipinski definition) is 6. The summed E-state index contributed by atoms with van der Waals surface area (Å²) in [5, 5.41) is 12.3. The van der Waals surface area contributed by atoms with Crippen LogP contribution in [0.15, 0.2) is 36.8 Å². The first-order valence-electron chi connectivity index (χ1n) is 10.7. The zero-order valence-corrected chi connectivity index (χ0v) is 18.4. The summed E-state index contributed by atoms with van der Waals surface area (Å²) in [5.41, 5.74) is 9.02. The lowest BCUT2D eigenvalue weighted by atomic mass is 9.99. The van der Waals surface area contributed by atoms with Crippen LogP contribution in [0.5, 0.6) is 5.75 Å². The number of benzene rings is 1. The molecule has 10 heteroatoms. The van der Waals surface area contributed by atoms with E-state index in [-0.39, 0.29) is 11.3 Å². The molecule has 1 aliphatic heterocycles. The summed E-state index contributed by atoms with van der Waals surface area (Å²) in [6.07, 6.45) is 7.15. The Bertz CT molecular complexity index is 1340. The number of methoxy groups -OCH3 is 1. The van der Waals surface area contributed by atoms with Crippen LogP contribution in [0, 0.1) is 5.82 Å². The van der Waals surface area contributed by atoms with Crippen molar-refractivity contribution in [1.29, 1.82) is 0 Å². The minimum atomic E-state index is -0.702. The largest absolute Gasteiger partial charge is 0.496 e. The Morgan fingerprint density at radius 1 is 1.24 bits per heavy atom. The molecule has 1 saturated heterocycles. The number of likely N-dealkylation sites (tertiary alicyclic amines) is 1. The van der Waals surface area contributed by atoms with E-state index >= 15 is 4.39 Å². The van der Waals surface area contributed by atoms with Gasteiger partial charge in [-0.25, -0.2) is 4.39 Å². The lowest BCUT2D eigenvalue weighted by molar-refractivity contribution is -0.123. The molecule has 170 valence electrons. The van der Waals surface area contributed by atoms with Crippen molar-refractivity contribution in [2.45, 2.75) is 18.9 Å². The van der Waals surface area contributed by atoms with Crippen molar-refractivity contribution in [1.82, 2.24) is 29.9 Å². The third kappa shape index (κ3) is 3.72. The van der Waals surface area contributed by atoms with Crippen LogP contribution in [0.2, 0.25) is 0 Å². The first-order valence-corrected chi connectivity index (χ1v) is 10.7. The number of nitrogens with one attached hydrogen (secondary N) is 1. The van der Waals surface area contributed by atoms with Gasteiger partial charge in [0.25, 0.3) is 0 Å². The molecule has 1 atom stereocenters. The van der Waals surface area contributed by atoms with E-state index in [4.69, 9.17) is 10.5 Å². The summed E-state index contributed by atoms with van der Waals surface area (Å²) in [5.74, 6) is -0.757. The maximum atomic E-state index is 15.5. The molecule has 4 aromatic rings. The van der Waals surface area contributed by atoms with Gasteiger partial charge in [-0.15, -0.1) is 0 Å². The number of nitrogens with zero attached hydrogens (tertiary/aromatic N) is 5. The fourth-order valence-corrected chi connectivity index (χ4v) is 4.54. The second-order valence-corrected chi connectivity index (χ2v) is 8.22. The summed E-state index contributed by atoms with van der Waals surface area (Å²) in [7, 11) is 3.29. The fraction of sp³-hybridized carbons (Fsp3) is 0.304. The Morgan fingerprint density at radius 3 is 2.70 bits per heavy atom. The number of halogens is 1. The van der Waals surface area contributed by atoms with Gasteiger partial charge in [0.05, 0.1) is 36.3 Å². The third-order valence-electron chi connectivity index (χ3n) is 6.07. The number of carbonyl (C=O) groups excluding carboxylic acids is 1. The number of carbonyl (C=O) groups is 1. The molecule has 3 aromatic heterocycles. The van der Waals surface area contributed by atoms with Crippen molar-refractivity contribution in [2.75, 3.05) is 20.2 Å². The van der Waals surface area contributed by atoms with Gasteiger partial charge >= 0.3 is 0 Å². The predicted molar refractivity (Wildman–Crippen MR) is 121 cm³/mol. The van der Waals surface area contributed by atoms with Crippen LogP contribution < -0.4 is 10.5 Å². The molecular formula is C23H24FN7O2. The van der Waals surface area contributed by atoms with Crippen LogP contribution in [0.25, 0.3) is 33.4 Å². The zero-order valence-electron chi connectivity index (χ0n) is 18.4. The smallest absolute Gasteiger partial charge is 0.239 e. The Balaban J connectivity index is 1.61. The van der Waals surface area contributed by atoms with E-state index in [9.17, 15) is 4.79 Å². The highest BCUT2D eigenvalue weighted by Gasteiger charge is 2.30. The average Bonchev–Trinajstić information content (AvgIpc) is 3.54. The van der Waals surface area contributed by atoms with Gasteiger partial charge < -0.3 is 10.5 Å². The van der Waals surface area contributed by atoms with E-state index in [0.29, 0.717) is 17.0 Å². The molecule has 1 unspecified atom stereocenters. The number of aromatic nitrogens is 5. The van der Waals surface area contributed by atoms with Gasteiger partial charge in [-0.2, -0.15) is 10.2 Å². The number of aryl methyl sites for hydroxylation is 1. The van der Waals surface area contributed by atoms with Crippen LogP contribution in [0.1, 0.15) is 24.4 Å². The maximum Gasteiger partial charge on any atom is 0.239 e. The van der Waals surface area contributed by atoms with E-state index < -0.39 is 17.8 Å². The third-order valence-corrected chi connectivity index (χ3v) is 6.07. The van der Waals surface area contributed by atoms with Crippen molar-refractivity contribution in [3.05, 3.63) is 48.2 Å². The molecule has 1 aliphatic rings. The lowest BCUT2D eigenvalue weighted by Gasteiger charge is -2.26. The quantitative estimate of drug-likeness (QED) is 0.468. The summed E-state index contributed by atoms with van der Waals surface area (Å²) in [6.45, 7) is 1.49. The molecule has 9 nitrogen and oxygen atoms in total. The van der Waals surface area contributed by atoms with E-state index in [1.54, 1.807) is 29.2 Å². The number of nitrogens with two attached hydrogens (primary N) is 1. The van der Waals surface area contributed by atoms with E-state index in [2.05, 4.69) is 20.3 Å². The Morgan fingerprint density at radius 2 is 2.03 bits per heavy atom. The summed E-state index contributed by atoms with van der Waals surface area (Å²) in [4.78, 5) is 18.6. The van der Waals surface area contributed by atoms with Gasteiger partial charge in [-0.05, 0) is 49.7 Å². The number of H-pyrrole nitrogens is 1. The minimum absolute atomic E-state index is 0.214. The predicted octanol–water partition coefficient (Wildman–Crippen LogP) is 2.80. The average molecular weight is 449 g/mol. The maximum absolute atomic E-state index is 15.5. The van der Waals surface area contributed by atoms with Gasteiger partial charge in [-0.3, -0.25) is 24.5 Å². The Labute approximate surface area is 189 Å². The van der Waals surface area contributed by atoms with E-state index in [1.165, 1.54) is 13.2 Å². The summed E-state index contributed by atoms with van der Waals surface area (Å²) >= 11 is 0. The summed E-state index contributed by atoms with van der Waals surface area (Å²) < 4.78 is 22.7. The molecule has 0 bridgehead atoms. The monoisotopic (exact) mass is 449 g/mol. The molecule has 0 aliphatic carbocycles. The molecule has 1 amide bonds. The highest BCUT2D eigenvalue weighted by Crippen LogP contribution is 2.38. The van der Waals surface area contributed by atoms with Crippen molar-refractivity contribution in [3.63, 3.8) is 0 Å². The SMILES string of the molecule is COc1cc(C(C(N)=O)N2CCCC2)cc(F)c1-c1cc2c(-c3cnn(C)c3)n[nH]c2cn1. The van der Waals surface area contributed by atoms with E-state index in [0.717, 1.165) is 42.4 Å². The standard InChI is InChI=1S/C23H24FN7O2/c1-30-12-14(10-27-30)21-15-9-17(26-11-18(15)28-29-21)20-16(24)7-13(8-19(20)33-2)22(23(25)32)31-5-3-4-6-31/h7-12,22H,3-6H2,1-2H3,(H2,25,32)(H,28,29). The highest BCUT2D eigenvalue weighted by molar-refractivity contribution is 5.94. The van der Waals surface area contributed by atoms with Crippen molar-refractivity contribution >= 4 is 16.8 Å². The molecule has 5 rings (SSSR count). The van der Waals surface area contributed by atoms with Gasteiger partial charge in [0, 0.05) is 24.2 Å². The number of primary amides is 1. The van der Waals surface area contributed by atoms with Gasteiger partial charge in [-0.1, -0.05) is 0 Å². The van der Waals surface area contributed by atoms with Gasteiger partial charge in [0.1, 0.15) is 23.3 Å². The Kier molecular flexibility index (Phi) is 5.29. The van der Waals surface area contributed by atoms with Crippen LogP contribution >= 0.6 is 0 Å². The Hall–Kier alpha value is -3.79. The number of rotatable bonds is 6. The van der Waals surface area contributed by atoms with Crippen LogP contribution in [0.4, 0.5) is 4.39 Å². The van der Waals surface area contributed by atoms with Crippen molar-refractivity contribution in [3.8, 4) is 28.3 Å². The number of hydrogen-bond donors (Lipinski definition) is 2. The molecule has 0 spiro atoms. The second kappa shape index (κ2) is 8.28. The highest BCUT2D eigenvalue weighted by atomic mass is 19.1. The molecule has 0 saturated carbocycles. The molecule has 3 N–H and O–H groups in total. The number of pyridine rings is 1. The van der Waals surface area contributed by atoms with Gasteiger partial charge in [0.15, 0.2) is 0 Å². The molecule has 33 heavy (non-hydrogen) atoms. The van der Waals surface area contributed by atoms with Crippen molar-refractivity contribution < 1.29 is 13.9 Å². The zero-order chi connectivity index (χ0) is 23.1. The number of aromatic amines is 1. The van der Waals surface area contributed by atoms with Gasteiger partial charge in [0.2, 0.25) is 5.91 Å². The van der Waals surface area contributed by atoms with Crippen LogP contribution in [-0.2, 0) is 11.8 Å². The molecular weight excluding hydrogens is 425 g/mol. The topological polar surface area (TPSA) is 115 Å². The summed E-state index contributed by atoms with van der Waals surface area (Å²) in [6, 6.07) is 4.10. The fourth-order valence-electron chi connectivity index (χ4n) is 4.54. The van der Waals surface area contributed by atoms with Crippen LogP contribution in [0.3, 0.4) is 0 Å². The van der Waals surface area contributed by atoms with Crippen LogP contribution in [-0.4, -0.2) is 56.0 Å². The first-order chi connectivity index (χ1) is 16.0. The lowest BCUT2D eigenvalue weighted by Crippen LogP contribution is -2.36. The number of amides is 1. The normalized spacial score (nSPS) is 15.2. The number of ether oxygens (including phenoxy) is 1. The molecule has 1 fully saturated rings. The molecule has 1 aromatic carbocycles. The second-order valence-electron chi connectivity index (χ2n) is 8.22.